The number of carbonyl (C=O) groups is 2. The Hall–Kier alpha value is -5.29. The van der Waals surface area contributed by atoms with E-state index in [0.717, 1.165) is 98.6 Å². The summed E-state index contributed by atoms with van der Waals surface area (Å²) in [7, 11) is 0. The van der Waals surface area contributed by atoms with E-state index in [-0.39, 0.29) is 17.8 Å². The number of benzene rings is 4. The van der Waals surface area contributed by atoms with E-state index in [1.807, 2.05) is 71.4 Å². The predicted molar refractivity (Wildman–Crippen MR) is 200 cm³/mol. The number of carbonyl (C=O) groups excluding carboxylic acids is 2. The molecule has 4 heterocycles. The van der Waals surface area contributed by atoms with Crippen molar-refractivity contribution in [1.82, 2.24) is 19.2 Å². The predicted octanol–water partition coefficient (Wildman–Crippen LogP) is 5.95. The summed E-state index contributed by atoms with van der Waals surface area (Å²) in [6, 6.07) is 29.3. The van der Waals surface area contributed by atoms with Crippen LogP contribution in [0.3, 0.4) is 0 Å². The van der Waals surface area contributed by atoms with Gasteiger partial charge in [0.15, 0.2) is 5.78 Å². The molecule has 8 rings (SSSR count). The Balaban J connectivity index is 0.885. The third kappa shape index (κ3) is 7.30. The van der Waals surface area contributed by atoms with Crippen molar-refractivity contribution in [3.63, 3.8) is 0 Å². The molecule has 0 saturated carbocycles. The molecule has 0 aliphatic carbocycles. The van der Waals surface area contributed by atoms with Crippen LogP contribution in [0.15, 0.2) is 103 Å². The fourth-order valence-electron chi connectivity index (χ4n) is 7.17. The number of aliphatic hydroxyl groups is 1. The third-order valence-electron chi connectivity index (χ3n) is 10.2. The van der Waals surface area contributed by atoms with E-state index in [4.69, 9.17) is 4.74 Å². The van der Waals surface area contributed by atoms with E-state index in [2.05, 4.69) is 55.2 Å². The zero-order chi connectivity index (χ0) is 34.7. The summed E-state index contributed by atoms with van der Waals surface area (Å²) in [4.78, 5) is 31.0. The second-order valence-electron chi connectivity index (χ2n) is 13.6. The van der Waals surface area contributed by atoms with Crippen LogP contribution in [0.4, 0.5) is 11.4 Å². The van der Waals surface area contributed by atoms with Crippen LogP contribution < -0.4 is 10.2 Å². The summed E-state index contributed by atoms with van der Waals surface area (Å²) < 4.78 is 9.59. The van der Waals surface area contributed by atoms with Crippen LogP contribution >= 0.6 is 0 Å². The Morgan fingerprint density at radius 2 is 1.49 bits per heavy atom. The largest absolute Gasteiger partial charge is 0.393 e. The summed E-state index contributed by atoms with van der Waals surface area (Å²) in [5.74, 6) is -0.111. The highest BCUT2D eigenvalue weighted by Gasteiger charge is 2.18. The number of hydrogen-bond acceptors (Lipinski definition) is 7. The molecule has 0 bridgehead atoms. The summed E-state index contributed by atoms with van der Waals surface area (Å²) in [6.07, 6.45) is 5.55. The Morgan fingerprint density at radius 1 is 0.765 bits per heavy atom. The summed E-state index contributed by atoms with van der Waals surface area (Å²) in [5.41, 5.74) is 6.91. The molecule has 10 heteroatoms. The van der Waals surface area contributed by atoms with Gasteiger partial charge in [0, 0.05) is 85.3 Å². The zero-order valence-corrected chi connectivity index (χ0v) is 28.6. The van der Waals surface area contributed by atoms with Gasteiger partial charge < -0.3 is 24.6 Å². The summed E-state index contributed by atoms with van der Waals surface area (Å²) in [6.45, 7) is 7.14. The minimum absolute atomic E-state index is 0.0688. The maximum Gasteiger partial charge on any atom is 0.255 e. The number of nitrogens with one attached hydrogen (secondary N) is 1. The molecule has 0 spiro atoms. The molecule has 2 fully saturated rings. The molecule has 0 radical (unpaired) electrons. The third-order valence-corrected chi connectivity index (χ3v) is 10.2. The van der Waals surface area contributed by atoms with Gasteiger partial charge in [-0.2, -0.15) is 5.10 Å². The Bertz CT molecular complexity index is 2160. The first-order chi connectivity index (χ1) is 25.0. The maximum atomic E-state index is 13.3. The van der Waals surface area contributed by atoms with E-state index >= 15 is 0 Å². The van der Waals surface area contributed by atoms with E-state index in [9.17, 15) is 14.7 Å². The van der Waals surface area contributed by atoms with Crippen LogP contribution in [0, 0.1) is 0 Å². The van der Waals surface area contributed by atoms with Gasteiger partial charge in [0.05, 0.1) is 36.7 Å². The molecule has 51 heavy (non-hydrogen) atoms. The van der Waals surface area contributed by atoms with E-state index in [0.29, 0.717) is 23.2 Å². The molecule has 2 aliphatic rings. The molecule has 2 aromatic heterocycles. The number of rotatable bonds is 10. The van der Waals surface area contributed by atoms with Crippen molar-refractivity contribution >= 4 is 44.9 Å². The highest BCUT2D eigenvalue weighted by molar-refractivity contribution is 6.05. The van der Waals surface area contributed by atoms with Gasteiger partial charge in [0.25, 0.3) is 5.91 Å². The zero-order valence-electron chi connectivity index (χ0n) is 28.6. The first kappa shape index (κ1) is 32.9. The molecule has 0 atom stereocenters. The number of aliphatic hydroxyl groups excluding tert-OH is 1. The second-order valence-corrected chi connectivity index (χ2v) is 13.6. The first-order valence-corrected chi connectivity index (χ1v) is 17.8. The lowest BCUT2D eigenvalue weighted by atomic mass is 10.0. The number of piperidine rings is 1. The number of anilines is 2. The summed E-state index contributed by atoms with van der Waals surface area (Å²) >= 11 is 0. The van der Waals surface area contributed by atoms with Crippen LogP contribution in [-0.2, 0) is 17.7 Å². The van der Waals surface area contributed by atoms with Gasteiger partial charge in [-0.05, 0) is 109 Å². The monoisotopic (exact) mass is 682 g/mol. The second kappa shape index (κ2) is 14.5. The number of amides is 1. The number of hydrogen-bond donors (Lipinski definition) is 2. The van der Waals surface area contributed by atoms with E-state index < -0.39 is 0 Å². The number of aromatic nitrogens is 3. The van der Waals surface area contributed by atoms with Crippen molar-refractivity contribution in [2.75, 3.05) is 56.2 Å². The van der Waals surface area contributed by atoms with Crippen molar-refractivity contribution in [2.45, 2.75) is 31.9 Å². The molecule has 1 amide bonds. The molecule has 2 aliphatic heterocycles. The Labute approximate surface area is 296 Å². The lowest BCUT2D eigenvalue weighted by molar-refractivity contribution is 0.0365. The summed E-state index contributed by atoms with van der Waals surface area (Å²) in [5, 5.41) is 19.4. The minimum Gasteiger partial charge on any atom is -0.393 e. The lowest BCUT2D eigenvalue weighted by Gasteiger charge is -2.31. The van der Waals surface area contributed by atoms with Gasteiger partial charge in [0.1, 0.15) is 0 Å². The van der Waals surface area contributed by atoms with Crippen molar-refractivity contribution < 1.29 is 19.4 Å². The van der Waals surface area contributed by atoms with Crippen LogP contribution in [0.2, 0.25) is 0 Å². The van der Waals surface area contributed by atoms with E-state index in [1.54, 1.807) is 6.20 Å². The number of ether oxygens (including phenoxy) is 1. The topological polar surface area (TPSA) is 105 Å². The van der Waals surface area contributed by atoms with Crippen molar-refractivity contribution in [3.8, 4) is 5.69 Å². The number of fused-ring (bicyclic) bond motifs is 2. The van der Waals surface area contributed by atoms with Crippen LogP contribution in [0.25, 0.3) is 27.5 Å². The molecule has 4 aromatic carbocycles. The highest BCUT2D eigenvalue weighted by Crippen LogP contribution is 2.25. The van der Waals surface area contributed by atoms with Gasteiger partial charge in [0.2, 0.25) is 0 Å². The molecule has 260 valence electrons. The minimum atomic E-state index is -0.222. The van der Waals surface area contributed by atoms with Gasteiger partial charge in [-0.25, -0.2) is 4.68 Å². The highest BCUT2D eigenvalue weighted by atomic mass is 16.5. The van der Waals surface area contributed by atoms with Crippen LogP contribution in [-0.4, -0.2) is 88.1 Å². The molecule has 0 unspecified atom stereocenters. The smallest absolute Gasteiger partial charge is 0.255 e. The maximum absolute atomic E-state index is 13.3. The van der Waals surface area contributed by atoms with Gasteiger partial charge in [-0.1, -0.05) is 6.07 Å². The van der Waals surface area contributed by atoms with Crippen molar-refractivity contribution in [2.24, 2.45) is 0 Å². The number of Topliss-reactive ketones (excluding diaryl/α,β-unsaturated/α-hetero) is 1. The quantitative estimate of drug-likeness (QED) is 0.172. The standard InChI is InChI=1S/C41H42N6O4/c48-37-14-17-45(18-15-37)35-7-4-31(5-8-35)41(50)43-34-6-12-39-33(27-34)28-42-47(39)36-9-2-30(3-10-36)40(49)26-29-1-11-38-32(25-29)13-16-46(38)20-19-44-21-23-51-24-22-44/h1-13,16,25,27-28,37,48H,14-15,17-24,26H2,(H,43,50). The van der Waals surface area contributed by atoms with Gasteiger partial charge in [-0.15, -0.1) is 0 Å². The normalized spacial score (nSPS) is 15.8. The van der Waals surface area contributed by atoms with Crippen molar-refractivity contribution in [1.29, 1.82) is 0 Å². The molecule has 2 saturated heterocycles. The SMILES string of the molecule is O=C(Cc1ccc2c(ccn2CCN2CCOCC2)c1)c1ccc(-n2ncc3cc(NC(=O)c4ccc(N5CCC(O)CC5)cc4)ccc32)cc1. The number of nitrogens with zero attached hydrogens (tertiary/aromatic N) is 5. The number of morpholine rings is 1. The molecule has 6 aromatic rings. The van der Waals surface area contributed by atoms with Crippen molar-refractivity contribution in [3.05, 3.63) is 120 Å². The Kier molecular flexibility index (Phi) is 9.36. The van der Waals surface area contributed by atoms with E-state index in [1.165, 1.54) is 5.52 Å². The lowest BCUT2D eigenvalue weighted by Crippen LogP contribution is -2.38. The van der Waals surface area contributed by atoms with Crippen LogP contribution in [0.5, 0.6) is 0 Å². The fraction of sp³-hybridized carbons (Fsp3) is 0.293. The van der Waals surface area contributed by atoms with Gasteiger partial charge >= 0.3 is 0 Å². The van der Waals surface area contributed by atoms with Crippen LogP contribution in [0.1, 0.15) is 39.1 Å². The first-order valence-electron chi connectivity index (χ1n) is 17.8. The Morgan fingerprint density at radius 3 is 2.27 bits per heavy atom. The fourth-order valence-corrected chi connectivity index (χ4v) is 7.17. The molecular weight excluding hydrogens is 640 g/mol. The average Bonchev–Trinajstić information content (AvgIpc) is 3.78. The molecule has 2 N–H and O–H groups in total. The average molecular weight is 683 g/mol. The van der Waals surface area contributed by atoms with Gasteiger partial charge in [-0.3, -0.25) is 14.5 Å². The molecule has 10 nitrogen and oxygen atoms in total. The molecular formula is C41H42N6O4. The number of ketones is 1.